The van der Waals surface area contributed by atoms with Crippen molar-refractivity contribution in [2.45, 2.75) is 116 Å². The van der Waals surface area contributed by atoms with E-state index < -0.39 is 29.9 Å². The zero-order valence-corrected chi connectivity index (χ0v) is 23.7. The van der Waals surface area contributed by atoms with Crippen LogP contribution < -0.4 is 26.3 Å². The third-order valence-electron chi connectivity index (χ3n) is 8.87. The van der Waals surface area contributed by atoms with Crippen LogP contribution in [0.3, 0.4) is 0 Å². The number of hydrazine groups is 1. The molecule has 0 aliphatic carbocycles. The van der Waals surface area contributed by atoms with Crippen LogP contribution in [-0.4, -0.2) is 82.7 Å². The van der Waals surface area contributed by atoms with Crippen LogP contribution in [0.1, 0.15) is 91.4 Å². The van der Waals surface area contributed by atoms with Gasteiger partial charge in [-0.1, -0.05) is 46.5 Å². The minimum Gasteiger partial charge on any atom is -0.544 e. The van der Waals surface area contributed by atoms with Crippen molar-refractivity contribution in [1.29, 1.82) is 0 Å². The molecule has 0 aromatic heterocycles. The summed E-state index contributed by atoms with van der Waals surface area (Å²) in [5.74, 6) is -2.81. The van der Waals surface area contributed by atoms with E-state index in [1.165, 1.54) is 5.01 Å². The number of fused-ring (bicyclic) bond motifs is 1. The largest absolute Gasteiger partial charge is 0.544 e. The summed E-state index contributed by atoms with van der Waals surface area (Å²) in [7, 11) is 0. The highest BCUT2D eigenvalue weighted by Crippen LogP contribution is 2.23. The molecule has 12 heteroatoms. The molecule has 0 aromatic rings. The molecule has 3 aliphatic heterocycles. The predicted octanol–water partition coefficient (Wildman–Crippen LogP) is -1.11. The number of carbonyl (C=O) groups excluding carboxylic acids is 4. The van der Waals surface area contributed by atoms with Crippen molar-refractivity contribution in [3.63, 3.8) is 0 Å². The predicted molar refractivity (Wildman–Crippen MR) is 140 cm³/mol. The highest BCUT2D eigenvalue weighted by atomic mass is 16.5. The van der Waals surface area contributed by atoms with Gasteiger partial charge in [0.25, 0.3) is 0 Å². The molecule has 12 nitrogen and oxygen atoms in total. The molecule has 3 amide bonds. The number of unbranched alkanes of at least 4 members (excludes halogenated alkanes) is 2. The molecule has 3 aliphatic rings. The molecular formula is C27H48N6O6. The first-order valence-corrected chi connectivity index (χ1v) is 14.9. The number of aliphatic carboxylic acids is 1. The van der Waals surface area contributed by atoms with Crippen LogP contribution in [0.15, 0.2) is 0 Å². The van der Waals surface area contributed by atoms with E-state index in [9.17, 15) is 24.3 Å². The molecule has 3 saturated heterocycles. The van der Waals surface area contributed by atoms with Crippen molar-refractivity contribution >= 4 is 23.7 Å². The third-order valence-corrected chi connectivity index (χ3v) is 8.87. The van der Waals surface area contributed by atoms with Crippen molar-refractivity contribution in [2.24, 2.45) is 11.8 Å². The van der Waals surface area contributed by atoms with Gasteiger partial charge >= 0.3 is 0 Å². The quantitative estimate of drug-likeness (QED) is 0.109. The summed E-state index contributed by atoms with van der Waals surface area (Å²) in [5.41, 5.74) is 4.72. The highest BCUT2D eigenvalue weighted by Gasteiger charge is 2.49. The minimum absolute atomic E-state index is 0.0946. The van der Waals surface area contributed by atoms with Crippen LogP contribution >= 0.6 is 0 Å². The maximum Gasteiger partial charge on any atom is 0.244 e. The summed E-state index contributed by atoms with van der Waals surface area (Å²) in [6.45, 7) is 8.33. The molecule has 3 heterocycles. The Balaban J connectivity index is 1.79. The maximum absolute atomic E-state index is 13.8. The number of nitrogens with zero attached hydrogens (tertiary/aromatic N) is 2. The first kappa shape index (κ1) is 31.3. The third kappa shape index (κ3) is 7.68. The van der Waals surface area contributed by atoms with E-state index in [0.717, 1.165) is 63.0 Å². The average Bonchev–Trinajstić information content (AvgIpc) is 3.38. The van der Waals surface area contributed by atoms with E-state index in [4.69, 9.17) is 5.21 Å². The Kier molecular flexibility index (Phi) is 12.0. The van der Waals surface area contributed by atoms with Gasteiger partial charge in [0.05, 0.1) is 12.6 Å². The van der Waals surface area contributed by atoms with Gasteiger partial charge in [0.15, 0.2) is 0 Å². The van der Waals surface area contributed by atoms with Crippen molar-refractivity contribution in [1.82, 2.24) is 26.2 Å². The number of carboxylic acid groups (broad SMARTS) is 1. The SMILES string of the molecule is CCCCC[C@@H](CC(=O)NO)C(=O)N1NCCC[C@H]1C(=O)N[C@H](C1CCN2CCC[C@@H](C(=O)[O-])[NH+]12)[C@H](C)CC. The minimum atomic E-state index is -1.05. The second kappa shape index (κ2) is 14.9. The first-order chi connectivity index (χ1) is 18.7. The fourth-order valence-corrected chi connectivity index (χ4v) is 6.55. The summed E-state index contributed by atoms with van der Waals surface area (Å²) in [5, 5.41) is 28.7. The van der Waals surface area contributed by atoms with Gasteiger partial charge in [0.1, 0.15) is 24.1 Å². The van der Waals surface area contributed by atoms with Crippen LogP contribution in [0, 0.1) is 11.8 Å². The van der Waals surface area contributed by atoms with Crippen LogP contribution in [0.25, 0.3) is 0 Å². The Hall–Kier alpha value is -2.28. The summed E-state index contributed by atoms with van der Waals surface area (Å²) in [4.78, 5) is 51.4. The lowest BCUT2D eigenvalue weighted by Gasteiger charge is -2.43. The normalized spacial score (nSPS) is 27.7. The number of hydrogen-bond donors (Lipinski definition) is 5. The van der Waals surface area contributed by atoms with Gasteiger partial charge in [-0.25, -0.2) is 15.9 Å². The molecule has 0 saturated carbocycles. The van der Waals surface area contributed by atoms with E-state index in [2.05, 4.69) is 36.5 Å². The Morgan fingerprint density at radius 3 is 2.54 bits per heavy atom. The molecule has 3 rings (SSSR count). The van der Waals surface area contributed by atoms with E-state index in [1.807, 2.05) is 0 Å². The molecule has 0 aromatic carbocycles. The van der Waals surface area contributed by atoms with Gasteiger partial charge in [0.2, 0.25) is 17.7 Å². The molecule has 5 N–H and O–H groups in total. The number of rotatable bonds is 13. The Labute approximate surface area is 231 Å². The summed E-state index contributed by atoms with van der Waals surface area (Å²) in [6, 6.07) is -1.73. The van der Waals surface area contributed by atoms with Gasteiger partial charge in [-0.15, -0.1) is 0 Å². The Morgan fingerprint density at radius 2 is 1.87 bits per heavy atom. The lowest BCUT2D eigenvalue weighted by atomic mass is 9.89. The molecule has 7 atom stereocenters. The van der Waals surface area contributed by atoms with Crippen molar-refractivity contribution in [3.05, 3.63) is 0 Å². The summed E-state index contributed by atoms with van der Waals surface area (Å²) < 4.78 is 0. The number of nitrogens with one attached hydrogen (secondary N) is 4. The summed E-state index contributed by atoms with van der Waals surface area (Å²) in [6.07, 6.45) is 7.15. The van der Waals surface area contributed by atoms with E-state index in [-0.39, 0.29) is 36.2 Å². The Bertz CT molecular complexity index is 859. The van der Waals surface area contributed by atoms with Gasteiger partial charge in [0, 0.05) is 38.3 Å². The number of carbonyl (C=O) groups is 4. The maximum atomic E-state index is 13.8. The lowest BCUT2D eigenvalue weighted by Crippen LogP contribution is -3.25. The molecule has 2 unspecified atom stereocenters. The monoisotopic (exact) mass is 552 g/mol. The van der Waals surface area contributed by atoms with Gasteiger partial charge < -0.3 is 15.2 Å². The standard InChI is InChI=1S/C27H48N6O6/c1-4-6-7-10-19(17-23(34)30-39)26(36)32-21(11-8-14-28-32)25(35)29-24(18(3)5-2)20-13-16-31-15-9-12-22(27(37)38)33(20)31/h18-22,24,28,39H,4-17H2,1-3H3,(H,29,35)(H,30,34)(H,37,38)/t18-,19+,20?,21+,22+,24+/m1/s1. The lowest BCUT2D eigenvalue weighted by molar-refractivity contribution is -1.04. The Morgan fingerprint density at radius 1 is 1.10 bits per heavy atom. The van der Waals surface area contributed by atoms with Crippen molar-refractivity contribution < 1.29 is 34.5 Å². The molecule has 39 heavy (non-hydrogen) atoms. The fourth-order valence-electron chi connectivity index (χ4n) is 6.55. The zero-order valence-electron chi connectivity index (χ0n) is 23.7. The highest BCUT2D eigenvalue weighted by molar-refractivity contribution is 5.90. The number of amides is 3. The van der Waals surface area contributed by atoms with Crippen LogP contribution in [-0.2, 0) is 19.2 Å². The summed E-state index contributed by atoms with van der Waals surface area (Å²) >= 11 is 0. The smallest absolute Gasteiger partial charge is 0.244 e. The second-order valence-corrected chi connectivity index (χ2v) is 11.4. The van der Waals surface area contributed by atoms with Crippen molar-refractivity contribution in [2.75, 3.05) is 19.6 Å². The van der Waals surface area contributed by atoms with Crippen molar-refractivity contribution in [3.8, 4) is 0 Å². The number of carboxylic acids is 1. The van der Waals surface area contributed by atoms with Gasteiger partial charge in [-0.3, -0.25) is 24.6 Å². The van der Waals surface area contributed by atoms with Gasteiger partial charge in [-0.2, -0.15) is 5.01 Å². The zero-order chi connectivity index (χ0) is 28.5. The molecular weight excluding hydrogens is 504 g/mol. The number of hydroxylamine groups is 1. The number of hydrogen-bond acceptors (Lipinski definition) is 8. The average molecular weight is 553 g/mol. The first-order valence-electron chi connectivity index (χ1n) is 14.9. The van der Waals surface area contributed by atoms with E-state index in [1.54, 1.807) is 5.48 Å². The fraction of sp³-hybridized carbons (Fsp3) is 0.852. The second-order valence-electron chi connectivity index (χ2n) is 11.4. The molecule has 222 valence electrons. The number of quaternary nitrogens is 1. The molecule has 0 spiro atoms. The van der Waals surface area contributed by atoms with Crippen LogP contribution in [0.5, 0.6) is 0 Å². The van der Waals surface area contributed by atoms with E-state index in [0.29, 0.717) is 25.8 Å². The molecule has 0 bridgehead atoms. The van der Waals surface area contributed by atoms with E-state index >= 15 is 0 Å². The van der Waals surface area contributed by atoms with Gasteiger partial charge in [-0.05, 0) is 31.6 Å². The van der Waals surface area contributed by atoms with Crippen LogP contribution in [0.2, 0.25) is 0 Å². The van der Waals surface area contributed by atoms with Crippen LogP contribution in [0.4, 0.5) is 0 Å². The molecule has 0 radical (unpaired) electrons. The topological polar surface area (TPSA) is 159 Å². The molecule has 3 fully saturated rings.